The van der Waals surface area contributed by atoms with E-state index in [4.69, 9.17) is 0 Å². The molecule has 0 saturated carbocycles. The van der Waals surface area contributed by atoms with Gasteiger partial charge in [0.1, 0.15) is 0 Å². The van der Waals surface area contributed by atoms with Crippen molar-refractivity contribution < 1.29 is 4.79 Å². The van der Waals surface area contributed by atoms with Gasteiger partial charge in [-0.3, -0.25) is 9.69 Å². The van der Waals surface area contributed by atoms with Crippen LogP contribution < -0.4 is 4.90 Å². The molecular weight excluding hydrogens is 280 g/mol. The molecule has 0 spiro atoms. The topological polar surface area (TPSA) is 23.6 Å². The first-order valence-corrected chi connectivity index (χ1v) is 8.01. The first-order valence-electron chi connectivity index (χ1n) is 7.13. The highest BCUT2D eigenvalue weighted by Gasteiger charge is 2.18. The number of amides is 1. The van der Waals surface area contributed by atoms with Gasteiger partial charge in [-0.15, -0.1) is 11.3 Å². The highest BCUT2D eigenvalue weighted by atomic mass is 32.1. The molecule has 0 radical (unpaired) electrons. The van der Waals surface area contributed by atoms with Gasteiger partial charge in [-0.25, -0.2) is 0 Å². The van der Waals surface area contributed by atoms with Gasteiger partial charge in [-0.2, -0.15) is 0 Å². The molecule has 1 aromatic heterocycles. The van der Waals surface area contributed by atoms with Crippen LogP contribution in [-0.2, 0) is 11.3 Å². The summed E-state index contributed by atoms with van der Waals surface area (Å²) >= 11 is 1.60. The summed E-state index contributed by atoms with van der Waals surface area (Å²) in [6, 6.07) is 14.7. The van der Waals surface area contributed by atoms with Crippen LogP contribution in [0.1, 0.15) is 19.4 Å². The lowest BCUT2D eigenvalue weighted by molar-refractivity contribution is -0.116. The van der Waals surface area contributed by atoms with Crippen LogP contribution in [0.5, 0.6) is 0 Å². The Labute approximate surface area is 130 Å². The van der Waals surface area contributed by atoms with Crippen molar-refractivity contribution in [1.82, 2.24) is 4.90 Å². The maximum Gasteiger partial charge on any atom is 0.224 e. The molecule has 1 aromatic carbocycles. The Morgan fingerprint density at radius 2 is 1.90 bits per heavy atom. The van der Waals surface area contributed by atoms with Gasteiger partial charge in [0.2, 0.25) is 5.91 Å². The maximum atomic E-state index is 11.9. The highest BCUT2D eigenvalue weighted by Crippen LogP contribution is 2.22. The number of carbonyl (C=O) groups excluding carboxylic acids is 1. The van der Waals surface area contributed by atoms with Crippen LogP contribution in [0.15, 0.2) is 47.8 Å². The van der Waals surface area contributed by atoms with Crippen molar-refractivity contribution in [1.29, 1.82) is 0 Å². The van der Waals surface area contributed by atoms with E-state index in [0.29, 0.717) is 6.54 Å². The number of anilines is 1. The van der Waals surface area contributed by atoms with Crippen LogP contribution in [0.2, 0.25) is 0 Å². The summed E-state index contributed by atoms with van der Waals surface area (Å²) in [7, 11) is 2.10. The molecule has 0 aliphatic heterocycles. The zero-order chi connectivity index (χ0) is 15.2. The predicted molar refractivity (Wildman–Crippen MR) is 89.7 cm³/mol. The van der Waals surface area contributed by atoms with Crippen molar-refractivity contribution in [2.45, 2.75) is 26.4 Å². The number of nitrogens with zero attached hydrogens (tertiary/aromatic N) is 2. The minimum absolute atomic E-state index is 0.0948. The Balaban J connectivity index is 1.98. The smallest absolute Gasteiger partial charge is 0.224 e. The molecule has 1 unspecified atom stereocenters. The Morgan fingerprint density at radius 1 is 1.19 bits per heavy atom. The molecule has 0 bridgehead atoms. The van der Waals surface area contributed by atoms with Gasteiger partial charge in [-0.05, 0) is 37.0 Å². The average molecular weight is 302 g/mol. The lowest BCUT2D eigenvalue weighted by Gasteiger charge is -2.30. The van der Waals surface area contributed by atoms with Crippen molar-refractivity contribution in [3.05, 3.63) is 53.4 Å². The fourth-order valence-electron chi connectivity index (χ4n) is 2.23. The molecule has 3 nitrogen and oxygen atoms in total. The van der Waals surface area contributed by atoms with Gasteiger partial charge < -0.3 is 4.90 Å². The van der Waals surface area contributed by atoms with E-state index >= 15 is 0 Å². The lowest BCUT2D eigenvalue weighted by atomic mass is 10.2. The quantitative estimate of drug-likeness (QED) is 0.813. The highest BCUT2D eigenvalue weighted by molar-refractivity contribution is 7.14. The number of likely N-dealkylation sites (N-methyl/N-ethyl adjacent to an activating group) is 1. The van der Waals surface area contributed by atoms with E-state index in [-0.39, 0.29) is 11.9 Å². The second kappa shape index (κ2) is 7.38. The summed E-state index contributed by atoms with van der Waals surface area (Å²) in [5.41, 5.74) is 1.29. The van der Waals surface area contributed by atoms with E-state index in [1.807, 2.05) is 28.5 Å². The summed E-state index contributed by atoms with van der Waals surface area (Å²) in [5, 5.41) is 3.02. The van der Waals surface area contributed by atoms with Gasteiger partial charge in [0.25, 0.3) is 0 Å². The molecule has 0 aliphatic rings. The van der Waals surface area contributed by atoms with Crippen LogP contribution >= 0.6 is 11.3 Å². The van der Waals surface area contributed by atoms with Crippen LogP contribution in [0.25, 0.3) is 0 Å². The first kappa shape index (κ1) is 15.7. The minimum atomic E-state index is 0.0948. The van der Waals surface area contributed by atoms with E-state index in [1.165, 1.54) is 5.56 Å². The molecule has 0 fully saturated rings. The molecule has 112 valence electrons. The van der Waals surface area contributed by atoms with Crippen molar-refractivity contribution >= 4 is 22.2 Å². The zero-order valence-electron chi connectivity index (χ0n) is 12.8. The van der Waals surface area contributed by atoms with Crippen LogP contribution in [0.4, 0.5) is 5.00 Å². The molecule has 1 heterocycles. The first-order chi connectivity index (χ1) is 10.1. The lowest BCUT2D eigenvalue weighted by Crippen LogP contribution is -2.41. The Kier molecular flexibility index (Phi) is 5.53. The minimum Gasteiger partial charge on any atom is -0.302 e. The van der Waals surface area contributed by atoms with Crippen LogP contribution in [0.3, 0.4) is 0 Å². The normalized spacial score (nSPS) is 12.4. The largest absolute Gasteiger partial charge is 0.302 e. The number of thiophene rings is 1. The summed E-state index contributed by atoms with van der Waals surface area (Å²) < 4.78 is 0. The summed E-state index contributed by atoms with van der Waals surface area (Å²) in [6.45, 7) is 5.38. The van der Waals surface area contributed by atoms with E-state index in [1.54, 1.807) is 18.3 Å². The molecule has 0 aliphatic carbocycles. The second-order valence-electron chi connectivity index (χ2n) is 5.33. The SMILES string of the molecule is CC(=O)N(CC(C)N(C)Cc1ccccc1)c1cccs1. The number of rotatable bonds is 6. The molecule has 2 rings (SSSR count). The Hall–Kier alpha value is -1.65. The monoisotopic (exact) mass is 302 g/mol. The van der Waals surface area contributed by atoms with E-state index in [0.717, 1.165) is 11.5 Å². The van der Waals surface area contributed by atoms with Gasteiger partial charge in [0.05, 0.1) is 5.00 Å². The third-order valence-electron chi connectivity index (χ3n) is 3.63. The predicted octanol–water partition coefficient (Wildman–Crippen LogP) is 3.62. The Bertz CT molecular complexity index is 553. The average Bonchev–Trinajstić information content (AvgIpc) is 2.99. The fourth-order valence-corrected chi connectivity index (χ4v) is 3.01. The zero-order valence-corrected chi connectivity index (χ0v) is 13.6. The second-order valence-corrected chi connectivity index (χ2v) is 6.26. The van der Waals surface area contributed by atoms with Crippen LogP contribution in [0, 0.1) is 0 Å². The number of carbonyl (C=O) groups is 1. The van der Waals surface area contributed by atoms with Gasteiger partial charge in [-0.1, -0.05) is 30.3 Å². The molecule has 0 saturated heterocycles. The maximum absolute atomic E-state index is 11.9. The van der Waals surface area contributed by atoms with Crippen molar-refractivity contribution in [3.63, 3.8) is 0 Å². The third kappa shape index (κ3) is 4.41. The molecule has 1 amide bonds. The van der Waals surface area contributed by atoms with Crippen molar-refractivity contribution in [2.24, 2.45) is 0 Å². The Morgan fingerprint density at radius 3 is 2.48 bits per heavy atom. The molecule has 21 heavy (non-hydrogen) atoms. The van der Waals surface area contributed by atoms with Gasteiger partial charge in [0.15, 0.2) is 0 Å². The molecule has 0 N–H and O–H groups in total. The molecule has 2 aromatic rings. The van der Waals surface area contributed by atoms with Crippen LogP contribution in [-0.4, -0.2) is 30.4 Å². The summed E-state index contributed by atoms with van der Waals surface area (Å²) in [6.07, 6.45) is 0. The van der Waals surface area contributed by atoms with E-state index in [9.17, 15) is 4.79 Å². The van der Waals surface area contributed by atoms with Crippen molar-refractivity contribution in [2.75, 3.05) is 18.5 Å². The standard InChI is InChI=1S/C17H22N2OS/c1-14(18(3)13-16-8-5-4-6-9-16)12-19(15(2)20)17-10-7-11-21-17/h4-11,14H,12-13H2,1-3H3. The number of hydrogen-bond acceptors (Lipinski definition) is 3. The van der Waals surface area contributed by atoms with E-state index < -0.39 is 0 Å². The number of benzene rings is 1. The molecule has 4 heteroatoms. The van der Waals surface area contributed by atoms with Gasteiger partial charge >= 0.3 is 0 Å². The van der Waals surface area contributed by atoms with Crippen molar-refractivity contribution in [3.8, 4) is 0 Å². The molecular formula is C17H22N2OS. The summed E-state index contributed by atoms with van der Waals surface area (Å²) in [5.74, 6) is 0.0948. The fraction of sp³-hybridized carbons (Fsp3) is 0.353. The third-order valence-corrected chi connectivity index (χ3v) is 4.52. The van der Waals surface area contributed by atoms with E-state index in [2.05, 4.69) is 43.1 Å². The molecule has 1 atom stereocenters. The number of hydrogen-bond donors (Lipinski definition) is 0. The summed E-state index contributed by atoms with van der Waals surface area (Å²) in [4.78, 5) is 16.0. The van der Waals surface area contributed by atoms with Gasteiger partial charge in [0, 0.05) is 26.1 Å².